The van der Waals surface area contributed by atoms with Crippen molar-refractivity contribution in [2.45, 2.75) is 18.1 Å². The lowest BCUT2D eigenvalue weighted by Crippen LogP contribution is -2.55. The Bertz CT molecular complexity index is 1020. The molecule has 32 heavy (non-hydrogen) atoms. The molecule has 166 valence electrons. The van der Waals surface area contributed by atoms with Gasteiger partial charge in [-0.1, -0.05) is 71.2 Å². The number of carbonyl (C=O) groups is 1. The molecule has 1 aliphatic heterocycles. The molecular formula is C25H21Cl3O4. The van der Waals surface area contributed by atoms with Crippen molar-refractivity contribution in [3.8, 4) is 0 Å². The van der Waals surface area contributed by atoms with Crippen molar-refractivity contribution in [2.75, 3.05) is 19.8 Å². The predicted molar refractivity (Wildman–Crippen MR) is 125 cm³/mol. The molecule has 0 unspecified atom stereocenters. The first-order chi connectivity index (χ1) is 15.4. The Morgan fingerprint density at radius 1 is 0.750 bits per heavy atom. The van der Waals surface area contributed by atoms with Crippen LogP contribution in [0.2, 0.25) is 15.1 Å². The van der Waals surface area contributed by atoms with Gasteiger partial charge in [0.25, 0.3) is 5.79 Å². The Morgan fingerprint density at radius 3 is 1.50 bits per heavy atom. The number of benzene rings is 3. The molecule has 0 aromatic heterocycles. The summed E-state index contributed by atoms with van der Waals surface area (Å²) in [5.74, 6) is -2.30. The summed E-state index contributed by atoms with van der Waals surface area (Å²) in [6.45, 7) is 2.26. The molecule has 0 saturated carbocycles. The smallest absolute Gasteiger partial charge is 0.372 e. The molecule has 1 heterocycles. The molecule has 1 fully saturated rings. The molecule has 1 aliphatic rings. The second-order valence-corrected chi connectivity index (χ2v) is 8.83. The first kappa shape index (κ1) is 23.1. The lowest BCUT2D eigenvalue weighted by molar-refractivity contribution is -0.290. The van der Waals surface area contributed by atoms with Crippen molar-refractivity contribution >= 4 is 40.8 Å². The van der Waals surface area contributed by atoms with Crippen molar-refractivity contribution in [1.29, 1.82) is 0 Å². The molecule has 0 bridgehead atoms. The first-order valence-corrected chi connectivity index (χ1v) is 11.3. The molecule has 3 aromatic carbocycles. The van der Waals surface area contributed by atoms with E-state index in [1.54, 1.807) is 31.2 Å². The minimum absolute atomic E-state index is 0.164. The minimum atomic E-state index is -1.69. The highest BCUT2D eigenvalue weighted by Crippen LogP contribution is 2.44. The maximum Gasteiger partial charge on any atom is 0.372 e. The topological polar surface area (TPSA) is 44.8 Å². The zero-order valence-electron chi connectivity index (χ0n) is 17.3. The van der Waals surface area contributed by atoms with Gasteiger partial charge >= 0.3 is 5.97 Å². The summed E-state index contributed by atoms with van der Waals surface area (Å²) >= 11 is 18.3. The molecule has 0 spiro atoms. The van der Waals surface area contributed by atoms with Crippen LogP contribution in [0.4, 0.5) is 0 Å². The highest BCUT2D eigenvalue weighted by Gasteiger charge is 2.53. The molecule has 0 N–H and O–H groups in total. The summed E-state index contributed by atoms with van der Waals surface area (Å²) in [4.78, 5) is 13.0. The van der Waals surface area contributed by atoms with E-state index in [1.165, 1.54) is 0 Å². The summed E-state index contributed by atoms with van der Waals surface area (Å²) in [5.41, 5.74) is 1.72. The highest BCUT2D eigenvalue weighted by atomic mass is 35.5. The number of halogens is 3. The van der Waals surface area contributed by atoms with Crippen molar-refractivity contribution in [2.24, 2.45) is 0 Å². The van der Waals surface area contributed by atoms with Crippen LogP contribution in [0.5, 0.6) is 0 Å². The predicted octanol–water partition coefficient (Wildman–Crippen LogP) is 6.40. The monoisotopic (exact) mass is 490 g/mol. The van der Waals surface area contributed by atoms with Crippen LogP contribution in [0, 0.1) is 0 Å². The molecule has 4 nitrogen and oxygen atoms in total. The van der Waals surface area contributed by atoms with E-state index < -0.39 is 17.2 Å². The first-order valence-electron chi connectivity index (χ1n) is 10.1. The maximum absolute atomic E-state index is 13.0. The van der Waals surface area contributed by atoms with Gasteiger partial charge in [0, 0.05) is 20.6 Å². The largest absolute Gasteiger partial charge is 0.462 e. The number of carbonyl (C=O) groups excluding carboxylic acids is 1. The van der Waals surface area contributed by atoms with Crippen LogP contribution in [-0.2, 0) is 30.2 Å². The molecule has 0 radical (unpaired) electrons. The zero-order chi connectivity index (χ0) is 22.8. The number of hydrogen-bond donors (Lipinski definition) is 0. The van der Waals surface area contributed by atoms with Gasteiger partial charge in [0.2, 0.25) is 0 Å². The highest BCUT2D eigenvalue weighted by molar-refractivity contribution is 6.31. The third-order valence-electron chi connectivity index (χ3n) is 5.61. The van der Waals surface area contributed by atoms with Gasteiger partial charge in [0.05, 0.1) is 25.2 Å². The van der Waals surface area contributed by atoms with E-state index in [0.29, 0.717) is 20.6 Å². The Hall–Kier alpha value is -2.08. The van der Waals surface area contributed by atoms with Crippen LogP contribution in [-0.4, -0.2) is 25.8 Å². The second kappa shape index (κ2) is 9.42. The fourth-order valence-corrected chi connectivity index (χ4v) is 4.25. The van der Waals surface area contributed by atoms with Crippen molar-refractivity contribution < 1.29 is 19.0 Å². The molecule has 0 aliphatic carbocycles. The summed E-state index contributed by atoms with van der Waals surface area (Å²) in [6.07, 6.45) is 0. The summed E-state index contributed by atoms with van der Waals surface area (Å²) < 4.78 is 17.9. The number of esters is 1. The third-order valence-corrected chi connectivity index (χ3v) is 6.36. The van der Waals surface area contributed by atoms with E-state index in [2.05, 4.69) is 0 Å². The Morgan fingerprint density at radius 2 is 1.12 bits per heavy atom. The summed E-state index contributed by atoms with van der Waals surface area (Å²) in [5, 5.41) is 1.79. The van der Waals surface area contributed by atoms with Crippen molar-refractivity contribution in [3.63, 3.8) is 0 Å². The average molecular weight is 492 g/mol. The Labute approximate surface area is 202 Å². The normalized spacial score (nSPS) is 17.0. The van der Waals surface area contributed by atoms with Crippen LogP contribution >= 0.6 is 34.8 Å². The lowest BCUT2D eigenvalue weighted by Gasteiger charge is -2.45. The molecule has 3 aromatic rings. The number of ether oxygens (including phenoxy) is 3. The van der Waals surface area contributed by atoms with Crippen LogP contribution in [0.3, 0.4) is 0 Å². The molecule has 1 saturated heterocycles. The zero-order valence-corrected chi connectivity index (χ0v) is 19.6. The Balaban J connectivity index is 1.77. The maximum atomic E-state index is 13.0. The van der Waals surface area contributed by atoms with Gasteiger partial charge in [0.15, 0.2) is 0 Å². The van der Waals surface area contributed by atoms with Gasteiger partial charge in [-0.15, -0.1) is 0 Å². The fraction of sp³-hybridized carbons (Fsp3) is 0.240. The number of hydrogen-bond acceptors (Lipinski definition) is 4. The van der Waals surface area contributed by atoms with Crippen molar-refractivity contribution in [1.82, 2.24) is 0 Å². The van der Waals surface area contributed by atoms with Gasteiger partial charge in [-0.25, -0.2) is 4.79 Å². The van der Waals surface area contributed by atoms with Crippen molar-refractivity contribution in [3.05, 3.63) is 105 Å². The number of rotatable bonds is 5. The van der Waals surface area contributed by atoms with E-state index in [0.717, 1.165) is 11.1 Å². The quantitative estimate of drug-likeness (QED) is 0.388. The minimum Gasteiger partial charge on any atom is -0.462 e. The van der Waals surface area contributed by atoms with E-state index >= 15 is 0 Å². The molecule has 7 heteroatoms. The van der Waals surface area contributed by atoms with E-state index in [-0.39, 0.29) is 19.8 Å². The van der Waals surface area contributed by atoms with E-state index in [4.69, 9.17) is 49.0 Å². The van der Waals surface area contributed by atoms with Crippen LogP contribution in [0.15, 0.2) is 72.8 Å². The van der Waals surface area contributed by atoms with Crippen LogP contribution in [0.1, 0.15) is 23.6 Å². The fourth-order valence-electron chi connectivity index (χ4n) is 3.87. The molecule has 4 rings (SSSR count). The van der Waals surface area contributed by atoms with Gasteiger partial charge in [-0.05, 0) is 54.4 Å². The second-order valence-electron chi connectivity index (χ2n) is 7.52. The van der Waals surface area contributed by atoms with Gasteiger partial charge in [-0.3, -0.25) is 0 Å². The van der Waals surface area contributed by atoms with Crippen LogP contribution < -0.4 is 0 Å². The molecular weight excluding hydrogens is 471 g/mol. The molecule has 0 amide bonds. The standard InChI is InChI=1S/C25H21Cl3O4/c1-2-30-23(29)25(19-7-13-22(28)14-8-19)31-15-24(16-32-25,17-3-9-20(26)10-4-17)18-5-11-21(27)12-6-18/h3-14H,2,15-16H2,1H3. The van der Waals surface area contributed by atoms with E-state index in [9.17, 15) is 4.79 Å². The van der Waals surface area contributed by atoms with Gasteiger partial charge < -0.3 is 14.2 Å². The lowest BCUT2D eigenvalue weighted by atomic mass is 9.75. The van der Waals surface area contributed by atoms with E-state index in [1.807, 2.05) is 48.5 Å². The molecule has 0 atom stereocenters. The van der Waals surface area contributed by atoms with Crippen LogP contribution in [0.25, 0.3) is 0 Å². The Kier molecular flexibility index (Phi) is 6.80. The summed E-state index contributed by atoms with van der Waals surface area (Å²) in [7, 11) is 0. The third kappa shape index (κ3) is 4.26. The van der Waals surface area contributed by atoms with Gasteiger partial charge in [-0.2, -0.15) is 0 Å². The SMILES string of the molecule is CCOC(=O)C1(c2ccc(Cl)cc2)OCC(c2ccc(Cl)cc2)(c2ccc(Cl)cc2)CO1. The van der Waals surface area contributed by atoms with Gasteiger partial charge in [0.1, 0.15) is 0 Å². The summed E-state index contributed by atoms with van der Waals surface area (Å²) in [6, 6.07) is 21.8. The average Bonchev–Trinajstić information content (AvgIpc) is 2.81.